The molecule has 0 heterocycles. The molecule has 5 N–H and O–H groups in total. The molecule has 1 aromatic rings. The van der Waals surface area contributed by atoms with Gasteiger partial charge in [-0.1, -0.05) is 30.3 Å². The number of amides is 4. The van der Waals surface area contributed by atoms with E-state index in [1.807, 2.05) is 30.3 Å². The number of nitrogens with one attached hydrogen (secondary N) is 4. The average molecular weight is 523 g/mol. The highest BCUT2D eigenvalue weighted by Crippen LogP contribution is 2.13. The number of ether oxygens (including phenoxy) is 2. The van der Waals surface area contributed by atoms with E-state index in [1.165, 1.54) is 14.0 Å². The summed E-state index contributed by atoms with van der Waals surface area (Å²) < 4.78 is 10.1. The molecule has 0 aliphatic rings. The Labute approximate surface area is 216 Å². The lowest BCUT2D eigenvalue weighted by Crippen LogP contribution is -2.55. The van der Waals surface area contributed by atoms with E-state index < -0.39 is 53.4 Å². The van der Waals surface area contributed by atoms with Crippen LogP contribution in [0.1, 0.15) is 39.7 Å². The number of hydrogen-bond donors (Lipinski definition) is 5. The second-order valence-corrected chi connectivity index (χ2v) is 9.45. The Kier molecular flexibility index (Phi) is 13.1. The highest BCUT2D eigenvalue weighted by molar-refractivity contribution is 5.91. The first-order valence-corrected chi connectivity index (χ1v) is 11.9. The number of carbonyl (C=O) groups excluding carboxylic acids is 4. The first kappa shape index (κ1) is 31.4. The zero-order valence-corrected chi connectivity index (χ0v) is 22.0. The van der Waals surface area contributed by atoms with E-state index in [0.29, 0.717) is 0 Å². The number of hydrogen-bond acceptors (Lipinski definition) is 7. The maximum Gasteiger partial charge on any atom is 0.408 e. The van der Waals surface area contributed by atoms with E-state index in [-0.39, 0.29) is 32.5 Å². The van der Waals surface area contributed by atoms with Gasteiger partial charge in [0.25, 0.3) is 0 Å². The maximum absolute atomic E-state index is 12.6. The van der Waals surface area contributed by atoms with Crippen LogP contribution >= 0.6 is 0 Å². The average Bonchev–Trinajstić information content (AvgIpc) is 2.79. The molecule has 1 rings (SSSR count). The third kappa shape index (κ3) is 13.3. The SMILES string of the molecule is COC[C@H](NC(=O)[C@H](C)NC(=O)OC(C)(C)C)C(=O)NCCNC(=O)[C@@H](CC(=O)O)Cc1ccccc1. The quantitative estimate of drug-likeness (QED) is 0.221. The number of alkyl carbamates (subject to hydrolysis) is 1. The third-order valence-corrected chi connectivity index (χ3v) is 4.93. The summed E-state index contributed by atoms with van der Waals surface area (Å²) in [6.07, 6.45) is -0.833. The molecule has 0 bridgehead atoms. The number of carboxylic acids is 1. The summed E-state index contributed by atoms with van der Waals surface area (Å²) in [6.45, 7) is 6.48. The number of benzene rings is 1. The molecule has 0 unspecified atom stereocenters. The lowest BCUT2D eigenvalue weighted by molar-refractivity contribution is -0.141. The fourth-order valence-corrected chi connectivity index (χ4v) is 3.20. The van der Waals surface area contributed by atoms with Crippen LogP contribution in [0.4, 0.5) is 4.79 Å². The Balaban J connectivity index is 2.56. The highest BCUT2D eigenvalue weighted by Gasteiger charge is 2.26. The van der Waals surface area contributed by atoms with E-state index in [0.717, 1.165) is 5.56 Å². The van der Waals surface area contributed by atoms with Gasteiger partial charge in [-0.25, -0.2) is 4.79 Å². The molecule has 0 saturated carbocycles. The Morgan fingerprint density at radius 2 is 1.51 bits per heavy atom. The molecule has 0 spiro atoms. The van der Waals surface area contributed by atoms with Crippen LogP contribution in [0.25, 0.3) is 0 Å². The standard InChI is InChI=1S/C25H38N4O8/c1-16(28-24(35)37-25(2,3)4)21(32)29-19(15-36-5)23(34)27-12-11-26-22(33)18(14-20(30)31)13-17-9-7-6-8-10-17/h6-10,16,18-19H,11-15H2,1-5H3,(H,26,33)(H,27,34)(H,28,35)(H,29,32)(H,30,31)/t16-,18+,19-/m0/s1. The minimum Gasteiger partial charge on any atom is -0.481 e. The van der Waals surface area contributed by atoms with Gasteiger partial charge < -0.3 is 35.8 Å². The minimum atomic E-state index is -1.09. The predicted octanol–water partition coefficient (Wildman–Crippen LogP) is 0.597. The van der Waals surface area contributed by atoms with Crippen LogP contribution in [0.5, 0.6) is 0 Å². The van der Waals surface area contributed by atoms with Crippen LogP contribution in [0, 0.1) is 5.92 Å². The van der Waals surface area contributed by atoms with Gasteiger partial charge in [-0.3, -0.25) is 19.2 Å². The van der Waals surface area contributed by atoms with Crippen LogP contribution in [-0.2, 0) is 35.1 Å². The summed E-state index contributed by atoms with van der Waals surface area (Å²) in [5.41, 5.74) is 0.106. The zero-order chi connectivity index (χ0) is 28.0. The molecule has 3 atom stereocenters. The van der Waals surface area contributed by atoms with Gasteiger partial charge in [0.05, 0.1) is 18.9 Å². The van der Waals surface area contributed by atoms with Crippen molar-refractivity contribution in [3.8, 4) is 0 Å². The van der Waals surface area contributed by atoms with E-state index in [4.69, 9.17) is 14.6 Å². The van der Waals surface area contributed by atoms with Gasteiger partial charge in [0.2, 0.25) is 17.7 Å². The molecule has 0 radical (unpaired) electrons. The van der Waals surface area contributed by atoms with Crippen molar-refractivity contribution in [2.24, 2.45) is 5.92 Å². The predicted molar refractivity (Wildman–Crippen MR) is 135 cm³/mol. The molecule has 4 amide bonds. The normalized spacial score (nSPS) is 13.4. The van der Waals surface area contributed by atoms with Gasteiger partial charge in [0, 0.05) is 20.2 Å². The van der Waals surface area contributed by atoms with Crippen molar-refractivity contribution in [3.05, 3.63) is 35.9 Å². The summed E-state index contributed by atoms with van der Waals surface area (Å²) in [6, 6.07) is 7.06. The Morgan fingerprint density at radius 3 is 2.05 bits per heavy atom. The first-order valence-electron chi connectivity index (χ1n) is 11.9. The molecule has 206 valence electrons. The smallest absolute Gasteiger partial charge is 0.408 e. The van der Waals surface area contributed by atoms with Gasteiger partial charge in [-0.2, -0.15) is 0 Å². The van der Waals surface area contributed by atoms with Crippen LogP contribution < -0.4 is 21.3 Å². The molecular formula is C25H38N4O8. The van der Waals surface area contributed by atoms with Crippen molar-refractivity contribution in [1.29, 1.82) is 0 Å². The van der Waals surface area contributed by atoms with E-state index >= 15 is 0 Å². The summed E-state index contributed by atoms with van der Waals surface area (Å²) in [4.78, 5) is 60.6. The lowest BCUT2D eigenvalue weighted by Gasteiger charge is -2.23. The molecule has 12 heteroatoms. The lowest BCUT2D eigenvalue weighted by atomic mass is 9.95. The van der Waals surface area contributed by atoms with Crippen molar-refractivity contribution in [2.75, 3.05) is 26.8 Å². The number of carbonyl (C=O) groups is 5. The number of rotatable bonds is 14. The maximum atomic E-state index is 12.6. The molecule has 0 aliphatic heterocycles. The summed E-state index contributed by atoms with van der Waals surface area (Å²) in [5.74, 6) is -3.47. The zero-order valence-electron chi connectivity index (χ0n) is 22.0. The molecule has 1 aromatic carbocycles. The minimum absolute atomic E-state index is 0.0392. The summed E-state index contributed by atoms with van der Waals surface area (Å²) >= 11 is 0. The van der Waals surface area contributed by atoms with Gasteiger partial charge in [0.1, 0.15) is 17.7 Å². The molecule has 0 aromatic heterocycles. The van der Waals surface area contributed by atoms with Gasteiger partial charge in [-0.05, 0) is 39.7 Å². The second-order valence-electron chi connectivity index (χ2n) is 9.45. The topological polar surface area (TPSA) is 172 Å². The van der Waals surface area contributed by atoms with Crippen LogP contribution in [0.15, 0.2) is 30.3 Å². The molecule has 12 nitrogen and oxygen atoms in total. The number of aliphatic carboxylic acids is 1. The van der Waals surface area contributed by atoms with Crippen molar-refractivity contribution >= 4 is 29.8 Å². The van der Waals surface area contributed by atoms with Crippen LogP contribution in [-0.4, -0.2) is 79.4 Å². The van der Waals surface area contributed by atoms with Crippen LogP contribution in [0.3, 0.4) is 0 Å². The Bertz CT molecular complexity index is 917. The van der Waals surface area contributed by atoms with E-state index in [2.05, 4.69) is 21.3 Å². The molecule has 0 fully saturated rings. The van der Waals surface area contributed by atoms with E-state index in [1.54, 1.807) is 20.8 Å². The van der Waals surface area contributed by atoms with Crippen molar-refractivity contribution in [3.63, 3.8) is 0 Å². The van der Waals surface area contributed by atoms with Crippen LogP contribution in [0.2, 0.25) is 0 Å². The molecule has 0 aliphatic carbocycles. The monoisotopic (exact) mass is 522 g/mol. The second kappa shape index (κ2) is 15.4. The van der Waals surface area contributed by atoms with Gasteiger partial charge in [-0.15, -0.1) is 0 Å². The van der Waals surface area contributed by atoms with Gasteiger partial charge in [0.15, 0.2) is 0 Å². The molecular weight excluding hydrogens is 484 g/mol. The summed E-state index contributed by atoms with van der Waals surface area (Å²) in [5, 5.41) is 19.3. The van der Waals surface area contributed by atoms with E-state index in [9.17, 15) is 24.0 Å². The largest absolute Gasteiger partial charge is 0.481 e. The Morgan fingerprint density at radius 1 is 0.919 bits per heavy atom. The van der Waals surface area contributed by atoms with Crippen molar-refractivity contribution in [2.45, 2.75) is 58.2 Å². The highest BCUT2D eigenvalue weighted by atomic mass is 16.6. The third-order valence-electron chi connectivity index (χ3n) is 4.93. The fourth-order valence-electron chi connectivity index (χ4n) is 3.20. The Hall–Kier alpha value is -3.67. The fraction of sp³-hybridized carbons (Fsp3) is 0.560. The number of methoxy groups -OCH3 is 1. The summed E-state index contributed by atoms with van der Waals surface area (Å²) in [7, 11) is 1.37. The molecule has 37 heavy (non-hydrogen) atoms. The number of carboxylic acid groups (broad SMARTS) is 1. The van der Waals surface area contributed by atoms with Gasteiger partial charge >= 0.3 is 12.1 Å². The molecule has 0 saturated heterocycles. The first-order chi connectivity index (χ1) is 17.3. The van der Waals surface area contributed by atoms with Crippen molar-refractivity contribution in [1.82, 2.24) is 21.3 Å². The van der Waals surface area contributed by atoms with Crippen molar-refractivity contribution < 1.29 is 38.6 Å².